The van der Waals surface area contributed by atoms with Crippen molar-refractivity contribution in [3.8, 4) is 0 Å². The van der Waals surface area contributed by atoms with E-state index in [4.69, 9.17) is 4.74 Å². The summed E-state index contributed by atoms with van der Waals surface area (Å²) in [4.78, 5) is 15.2. The molecule has 1 aromatic heterocycles. The maximum atomic E-state index is 12.4. The number of ether oxygens (including phenoxy) is 1. The molecule has 2 atom stereocenters. The number of rotatable bonds is 3. The van der Waals surface area contributed by atoms with Gasteiger partial charge in [-0.3, -0.25) is 4.98 Å². The molecule has 1 amide bonds. The Bertz CT molecular complexity index is 518. The second-order valence-electron chi connectivity index (χ2n) is 4.81. The highest BCUT2D eigenvalue weighted by atomic mass is 19.4. The van der Waals surface area contributed by atoms with Crippen molar-refractivity contribution in [2.24, 2.45) is 0 Å². The third-order valence-electron chi connectivity index (χ3n) is 3.54. The number of fused-ring (bicyclic) bond motifs is 1. The van der Waals surface area contributed by atoms with Crippen molar-refractivity contribution in [3.05, 3.63) is 29.6 Å². The zero-order valence-corrected chi connectivity index (χ0v) is 10.4. The van der Waals surface area contributed by atoms with Crippen LogP contribution < -0.4 is 5.43 Å². The summed E-state index contributed by atoms with van der Waals surface area (Å²) in [5, 5.41) is 1.40. The van der Waals surface area contributed by atoms with E-state index in [1.165, 1.54) is 11.1 Å². The first-order chi connectivity index (χ1) is 9.45. The van der Waals surface area contributed by atoms with E-state index in [0.717, 1.165) is 25.1 Å². The first kappa shape index (κ1) is 13.2. The van der Waals surface area contributed by atoms with Crippen LogP contribution in [0.25, 0.3) is 0 Å². The number of hydrazine groups is 1. The molecule has 1 N–H and O–H groups in total. The molecule has 108 valence electrons. The van der Waals surface area contributed by atoms with Crippen molar-refractivity contribution in [1.29, 1.82) is 0 Å². The SMILES string of the molecule is O=C1O[C@@H]2CC[C@@H]2N1NCc1ccc(C(F)(F)F)cn1. The van der Waals surface area contributed by atoms with Crippen molar-refractivity contribution in [2.45, 2.75) is 37.7 Å². The summed E-state index contributed by atoms with van der Waals surface area (Å²) in [6.07, 6.45) is -2.39. The average molecular weight is 287 g/mol. The van der Waals surface area contributed by atoms with Crippen LogP contribution in [-0.4, -0.2) is 28.2 Å². The minimum atomic E-state index is -4.39. The number of pyridine rings is 1. The standard InChI is InChI=1S/C12H12F3N3O2/c13-12(14,15)7-1-2-8(16-5-7)6-17-18-9-3-4-10(9)20-11(18)19/h1-2,5,9-10,17H,3-4,6H2/t9-,10+/m0/s1. The van der Waals surface area contributed by atoms with Crippen LogP contribution in [0.4, 0.5) is 18.0 Å². The van der Waals surface area contributed by atoms with Gasteiger partial charge in [0.2, 0.25) is 0 Å². The first-order valence-corrected chi connectivity index (χ1v) is 6.20. The van der Waals surface area contributed by atoms with Gasteiger partial charge in [-0.1, -0.05) is 0 Å². The monoisotopic (exact) mass is 287 g/mol. The number of hydrogen-bond acceptors (Lipinski definition) is 4. The predicted octanol–water partition coefficient (Wildman–Crippen LogP) is 2.09. The summed E-state index contributed by atoms with van der Waals surface area (Å²) in [6.45, 7) is 0.177. The number of carbonyl (C=O) groups excluding carboxylic acids is 1. The molecule has 1 aliphatic carbocycles. The molecule has 20 heavy (non-hydrogen) atoms. The molecule has 0 spiro atoms. The zero-order valence-electron chi connectivity index (χ0n) is 10.4. The molecule has 0 unspecified atom stereocenters. The fourth-order valence-corrected chi connectivity index (χ4v) is 2.25. The Hall–Kier alpha value is -1.83. The lowest BCUT2D eigenvalue weighted by Gasteiger charge is -2.31. The van der Waals surface area contributed by atoms with Crippen molar-refractivity contribution >= 4 is 6.09 Å². The minimum absolute atomic E-state index is 0.0250. The van der Waals surface area contributed by atoms with E-state index in [-0.39, 0.29) is 18.7 Å². The lowest BCUT2D eigenvalue weighted by atomic mass is 9.90. The highest BCUT2D eigenvalue weighted by Gasteiger charge is 2.48. The Morgan fingerprint density at radius 1 is 1.40 bits per heavy atom. The molecule has 3 rings (SSSR count). The summed E-state index contributed by atoms with van der Waals surface area (Å²) in [7, 11) is 0. The van der Waals surface area contributed by atoms with Crippen LogP contribution in [0, 0.1) is 0 Å². The first-order valence-electron chi connectivity index (χ1n) is 6.20. The van der Waals surface area contributed by atoms with Crippen molar-refractivity contribution < 1.29 is 22.7 Å². The molecule has 1 aromatic rings. The molecule has 1 saturated carbocycles. The zero-order chi connectivity index (χ0) is 14.3. The largest absolute Gasteiger partial charge is 0.443 e. The maximum absolute atomic E-state index is 12.4. The number of nitrogens with one attached hydrogen (secondary N) is 1. The Morgan fingerprint density at radius 2 is 2.20 bits per heavy atom. The number of aromatic nitrogens is 1. The predicted molar refractivity (Wildman–Crippen MR) is 61.2 cm³/mol. The fraction of sp³-hybridized carbons (Fsp3) is 0.500. The molecule has 2 fully saturated rings. The molecule has 0 radical (unpaired) electrons. The van der Waals surface area contributed by atoms with Gasteiger partial charge in [0.15, 0.2) is 0 Å². The molecule has 1 aliphatic heterocycles. The van der Waals surface area contributed by atoms with E-state index < -0.39 is 17.8 Å². The normalized spacial score (nSPS) is 25.1. The van der Waals surface area contributed by atoms with Gasteiger partial charge in [-0.05, 0) is 25.0 Å². The number of hydrogen-bond donors (Lipinski definition) is 1. The molecule has 2 aliphatic rings. The van der Waals surface area contributed by atoms with Gasteiger partial charge >= 0.3 is 12.3 Å². The Labute approximate surface area is 112 Å². The maximum Gasteiger partial charge on any atom is 0.425 e. The Balaban J connectivity index is 1.60. The van der Waals surface area contributed by atoms with Crippen molar-refractivity contribution in [2.75, 3.05) is 0 Å². The third kappa shape index (κ3) is 2.31. The third-order valence-corrected chi connectivity index (χ3v) is 3.54. The van der Waals surface area contributed by atoms with Crippen LogP contribution in [0.5, 0.6) is 0 Å². The number of nitrogens with zero attached hydrogens (tertiary/aromatic N) is 2. The van der Waals surface area contributed by atoms with Crippen molar-refractivity contribution in [3.63, 3.8) is 0 Å². The topological polar surface area (TPSA) is 54.5 Å². The quantitative estimate of drug-likeness (QED) is 0.925. The number of alkyl halides is 3. The van der Waals surface area contributed by atoms with Crippen molar-refractivity contribution in [1.82, 2.24) is 15.4 Å². The lowest BCUT2D eigenvalue weighted by molar-refractivity contribution is -0.137. The molecule has 0 bridgehead atoms. The number of carbonyl (C=O) groups is 1. The molecule has 1 saturated heterocycles. The second-order valence-corrected chi connectivity index (χ2v) is 4.81. The summed E-state index contributed by atoms with van der Waals surface area (Å²) in [5.41, 5.74) is 2.49. The minimum Gasteiger partial charge on any atom is -0.443 e. The van der Waals surface area contributed by atoms with Crippen LogP contribution in [0.3, 0.4) is 0 Å². The van der Waals surface area contributed by atoms with Gasteiger partial charge < -0.3 is 4.74 Å². The molecule has 2 heterocycles. The second kappa shape index (κ2) is 4.62. The molecule has 8 heteroatoms. The van der Waals surface area contributed by atoms with Crippen LogP contribution in [0.2, 0.25) is 0 Å². The lowest BCUT2D eigenvalue weighted by Crippen LogP contribution is -2.50. The van der Waals surface area contributed by atoms with Crippen LogP contribution in [0.15, 0.2) is 18.3 Å². The molecular weight excluding hydrogens is 275 g/mol. The average Bonchev–Trinajstić information content (AvgIpc) is 2.58. The fourth-order valence-electron chi connectivity index (χ4n) is 2.25. The summed E-state index contributed by atoms with van der Waals surface area (Å²) < 4.78 is 42.2. The highest BCUT2D eigenvalue weighted by molar-refractivity contribution is 5.70. The summed E-state index contributed by atoms with van der Waals surface area (Å²) in [5.74, 6) is 0. The van der Waals surface area contributed by atoms with E-state index in [1.807, 2.05) is 0 Å². The summed E-state index contributed by atoms with van der Waals surface area (Å²) in [6, 6.07) is 2.28. The van der Waals surface area contributed by atoms with Crippen LogP contribution >= 0.6 is 0 Å². The smallest absolute Gasteiger partial charge is 0.425 e. The van der Waals surface area contributed by atoms with Gasteiger partial charge in [0.25, 0.3) is 0 Å². The van der Waals surface area contributed by atoms with E-state index >= 15 is 0 Å². The summed E-state index contributed by atoms with van der Waals surface area (Å²) >= 11 is 0. The molecule has 0 aromatic carbocycles. The van der Waals surface area contributed by atoms with E-state index in [2.05, 4.69) is 10.4 Å². The van der Waals surface area contributed by atoms with Gasteiger partial charge in [-0.15, -0.1) is 0 Å². The van der Waals surface area contributed by atoms with Gasteiger partial charge in [0.05, 0.1) is 23.8 Å². The number of halogens is 3. The van der Waals surface area contributed by atoms with Gasteiger partial charge in [-0.2, -0.15) is 13.2 Å². The Kier molecular flexibility index (Phi) is 3.04. The van der Waals surface area contributed by atoms with Gasteiger partial charge in [0.1, 0.15) is 6.10 Å². The van der Waals surface area contributed by atoms with Crippen LogP contribution in [-0.2, 0) is 17.5 Å². The van der Waals surface area contributed by atoms with Crippen LogP contribution in [0.1, 0.15) is 24.1 Å². The van der Waals surface area contributed by atoms with Gasteiger partial charge in [0, 0.05) is 6.20 Å². The van der Waals surface area contributed by atoms with E-state index in [9.17, 15) is 18.0 Å². The van der Waals surface area contributed by atoms with E-state index in [0.29, 0.717) is 5.69 Å². The number of amides is 1. The van der Waals surface area contributed by atoms with Gasteiger partial charge in [-0.25, -0.2) is 15.2 Å². The van der Waals surface area contributed by atoms with E-state index in [1.54, 1.807) is 0 Å². The Morgan fingerprint density at radius 3 is 2.70 bits per heavy atom. The molecule has 5 nitrogen and oxygen atoms in total. The molecular formula is C12H12F3N3O2. The highest BCUT2D eigenvalue weighted by Crippen LogP contribution is 2.34.